The largest absolute Gasteiger partial charge is 0.413 e. The molecule has 2 aliphatic heterocycles. The van der Waals surface area contributed by atoms with E-state index in [-0.39, 0.29) is 17.3 Å². The lowest BCUT2D eigenvalue weighted by atomic mass is 9.75. The molecule has 0 radical (unpaired) electrons. The van der Waals surface area contributed by atoms with E-state index < -0.39 is 40.0 Å². The molecule has 45 heavy (non-hydrogen) atoms. The zero-order valence-electron chi connectivity index (χ0n) is 26.2. The van der Waals surface area contributed by atoms with Gasteiger partial charge in [0.2, 0.25) is 11.8 Å². The number of primary amides is 1. The summed E-state index contributed by atoms with van der Waals surface area (Å²) in [6.07, 6.45) is 2.02. The highest BCUT2D eigenvalue weighted by Crippen LogP contribution is 2.36. The van der Waals surface area contributed by atoms with Gasteiger partial charge in [0.1, 0.15) is 17.8 Å². The molecule has 4 N–H and O–H groups in total. The van der Waals surface area contributed by atoms with Gasteiger partial charge < -0.3 is 30.5 Å². The number of nitrogens with two attached hydrogens (primary N) is 1. The van der Waals surface area contributed by atoms with Crippen molar-refractivity contribution in [3.63, 3.8) is 0 Å². The molecule has 3 amide bonds. The number of carbonyl (C=O) groups is 3. The van der Waals surface area contributed by atoms with Crippen molar-refractivity contribution < 1.29 is 33.9 Å². The number of rotatable bonds is 8. The smallest absolute Gasteiger partial charge is 0.410 e. The summed E-state index contributed by atoms with van der Waals surface area (Å²) in [5.41, 5.74) is 6.24. The van der Waals surface area contributed by atoms with Crippen LogP contribution in [0.3, 0.4) is 0 Å². The fraction of sp³-hybridized carbons (Fsp3) is 0.485. The normalized spacial score (nSPS) is 17.9. The zero-order valence-corrected chi connectivity index (χ0v) is 26.2. The summed E-state index contributed by atoms with van der Waals surface area (Å²) < 4.78 is 10.6. The maximum atomic E-state index is 13.4. The van der Waals surface area contributed by atoms with Gasteiger partial charge in [0, 0.05) is 49.3 Å². The van der Waals surface area contributed by atoms with E-state index in [0.29, 0.717) is 51.9 Å². The first-order chi connectivity index (χ1) is 21.2. The number of likely N-dealkylation sites (tertiary alicyclic amines) is 1. The molecule has 0 saturated carbocycles. The number of nitro benzene ring substituents is 1. The third-order valence-corrected chi connectivity index (χ3v) is 7.82. The molecule has 2 atom stereocenters. The van der Waals surface area contributed by atoms with E-state index in [1.165, 1.54) is 29.2 Å². The Labute approximate surface area is 263 Å². The van der Waals surface area contributed by atoms with Crippen LogP contribution in [0.15, 0.2) is 48.5 Å². The number of hydrogen-bond donors (Lipinski definition) is 3. The monoisotopic (exact) mass is 622 g/mol. The highest BCUT2D eigenvalue weighted by atomic mass is 16.6. The standard InChI is InChI=1S/C20H26N4O7.C13H16O/c1-20(8-11-30-12-9-20)16(18(26)23-10-2-3-15(23)17(21)25)22-19(27)31-14-6-4-13(5-7-14)24(28)29;1-4-5-11-6-8-12(9-7-11)10-13(2,3)14/h4-7,15-16H,2-3,8-12H2,1H3,(H2,21,25)(H,22,27);6-9,14H,10H2,1-3H3. The number of amides is 3. The van der Waals surface area contributed by atoms with Gasteiger partial charge in [0.25, 0.3) is 5.69 Å². The molecule has 2 aromatic rings. The van der Waals surface area contributed by atoms with Crippen LogP contribution in [0.1, 0.15) is 64.5 Å². The molecule has 0 bridgehead atoms. The van der Waals surface area contributed by atoms with Gasteiger partial charge >= 0.3 is 6.09 Å². The number of nitrogens with one attached hydrogen (secondary N) is 1. The van der Waals surface area contributed by atoms with Gasteiger partial charge in [0.05, 0.1) is 10.5 Å². The van der Waals surface area contributed by atoms with Crippen LogP contribution >= 0.6 is 0 Å². The predicted molar refractivity (Wildman–Crippen MR) is 167 cm³/mol. The predicted octanol–water partition coefficient (Wildman–Crippen LogP) is 3.72. The van der Waals surface area contributed by atoms with Crippen LogP contribution in [0.2, 0.25) is 0 Å². The minimum Gasteiger partial charge on any atom is -0.410 e. The van der Waals surface area contributed by atoms with Crippen molar-refractivity contribution in [1.29, 1.82) is 0 Å². The van der Waals surface area contributed by atoms with Gasteiger partial charge in [-0.15, -0.1) is 5.92 Å². The minimum absolute atomic E-state index is 0.0996. The van der Waals surface area contributed by atoms with Gasteiger partial charge in [0.15, 0.2) is 0 Å². The average Bonchev–Trinajstić information content (AvgIpc) is 3.48. The molecule has 0 spiro atoms. The summed E-state index contributed by atoms with van der Waals surface area (Å²) in [6, 6.07) is 11.4. The summed E-state index contributed by atoms with van der Waals surface area (Å²) >= 11 is 0. The van der Waals surface area contributed by atoms with Crippen LogP contribution in [0.4, 0.5) is 10.5 Å². The van der Waals surface area contributed by atoms with Crippen LogP contribution in [0, 0.1) is 27.4 Å². The lowest BCUT2D eigenvalue weighted by Gasteiger charge is -2.41. The summed E-state index contributed by atoms with van der Waals surface area (Å²) in [6.45, 7) is 8.61. The van der Waals surface area contributed by atoms with Gasteiger partial charge in [-0.2, -0.15) is 0 Å². The Morgan fingerprint density at radius 3 is 2.33 bits per heavy atom. The number of nitrogens with zero attached hydrogens (tertiary/aromatic N) is 2. The highest BCUT2D eigenvalue weighted by Gasteiger charge is 2.46. The third kappa shape index (κ3) is 10.3. The lowest BCUT2D eigenvalue weighted by molar-refractivity contribution is -0.384. The Morgan fingerprint density at radius 1 is 1.18 bits per heavy atom. The Bertz CT molecular complexity index is 1400. The van der Waals surface area contributed by atoms with Crippen molar-refractivity contribution in [2.24, 2.45) is 11.1 Å². The minimum atomic E-state index is -0.943. The highest BCUT2D eigenvalue weighted by molar-refractivity contribution is 5.92. The van der Waals surface area contributed by atoms with E-state index in [1.807, 2.05) is 52.0 Å². The molecule has 4 rings (SSSR count). The lowest BCUT2D eigenvalue weighted by Crippen LogP contribution is -2.60. The molecule has 12 nitrogen and oxygen atoms in total. The molecule has 2 unspecified atom stereocenters. The van der Waals surface area contributed by atoms with E-state index in [0.717, 1.165) is 11.1 Å². The number of hydrogen-bond acceptors (Lipinski definition) is 8. The van der Waals surface area contributed by atoms with E-state index in [4.69, 9.17) is 15.2 Å². The second-order valence-electron chi connectivity index (χ2n) is 12.1. The molecule has 12 heteroatoms. The van der Waals surface area contributed by atoms with Crippen molar-refractivity contribution in [2.45, 2.75) is 77.5 Å². The van der Waals surface area contributed by atoms with Crippen molar-refractivity contribution in [3.05, 3.63) is 69.8 Å². The molecular weight excluding hydrogens is 580 g/mol. The summed E-state index contributed by atoms with van der Waals surface area (Å²) in [7, 11) is 0. The molecular formula is C33H42N4O8. The first kappa shape index (κ1) is 35.0. The Kier molecular flexibility index (Phi) is 12.1. The Hall–Kier alpha value is -4.47. The Morgan fingerprint density at radius 2 is 1.80 bits per heavy atom. The second-order valence-corrected chi connectivity index (χ2v) is 12.1. The number of non-ortho nitro benzene ring substituents is 1. The molecule has 2 fully saturated rings. The topological polar surface area (TPSA) is 174 Å². The van der Waals surface area contributed by atoms with E-state index in [2.05, 4.69) is 17.2 Å². The van der Waals surface area contributed by atoms with Gasteiger partial charge in [-0.1, -0.05) is 25.0 Å². The maximum absolute atomic E-state index is 13.4. The molecule has 0 aromatic heterocycles. The molecule has 0 aliphatic carbocycles. The number of ether oxygens (including phenoxy) is 2. The van der Waals surface area contributed by atoms with E-state index >= 15 is 0 Å². The maximum Gasteiger partial charge on any atom is 0.413 e. The number of benzene rings is 2. The Balaban J connectivity index is 0.000000330. The van der Waals surface area contributed by atoms with Crippen molar-refractivity contribution in [3.8, 4) is 17.6 Å². The van der Waals surface area contributed by atoms with Crippen molar-refractivity contribution >= 4 is 23.6 Å². The summed E-state index contributed by atoms with van der Waals surface area (Å²) in [4.78, 5) is 49.4. The fourth-order valence-corrected chi connectivity index (χ4v) is 5.39. The van der Waals surface area contributed by atoms with Crippen LogP contribution < -0.4 is 15.8 Å². The van der Waals surface area contributed by atoms with Gasteiger partial charge in [-0.05, 0) is 76.3 Å². The number of nitro groups is 1. The third-order valence-electron chi connectivity index (χ3n) is 7.82. The van der Waals surface area contributed by atoms with E-state index in [1.54, 1.807) is 0 Å². The van der Waals surface area contributed by atoms with Crippen LogP contribution in [0.25, 0.3) is 0 Å². The second kappa shape index (κ2) is 15.5. The average molecular weight is 623 g/mol. The summed E-state index contributed by atoms with van der Waals surface area (Å²) in [5, 5.41) is 23.0. The number of aliphatic hydroxyl groups is 1. The van der Waals surface area contributed by atoms with Gasteiger partial charge in [-0.25, -0.2) is 4.79 Å². The van der Waals surface area contributed by atoms with Gasteiger partial charge in [-0.3, -0.25) is 19.7 Å². The van der Waals surface area contributed by atoms with Crippen LogP contribution in [-0.4, -0.2) is 70.3 Å². The van der Waals surface area contributed by atoms with E-state index in [9.17, 15) is 29.6 Å². The zero-order chi connectivity index (χ0) is 33.2. The number of carbonyl (C=O) groups excluding carboxylic acids is 3. The molecule has 2 saturated heterocycles. The molecule has 2 heterocycles. The molecule has 242 valence electrons. The first-order valence-corrected chi connectivity index (χ1v) is 14.9. The molecule has 2 aliphatic rings. The van der Waals surface area contributed by atoms with Crippen LogP contribution in [0.5, 0.6) is 5.75 Å². The van der Waals surface area contributed by atoms with Crippen molar-refractivity contribution in [2.75, 3.05) is 19.8 Å². The fourth-order valence-electron chi connectivity index (χ4n) is 5.39. The van der Waals surface area contributed by atoms with Crippen molar-refractivity contribution in [1.82, 2.24) is 10.2 Å². The summed E-state index contributed by atoms with van der Waals surface area (Å²) in [5.74, 6) is 4.98. The first-order valence-electron chi connectivity index (χ1n) is 14.9. The quantitative estimate of drug-likeness (QED) is 0.227. The SMILES string of the molecule is CC#Cc1ccc(CC(C)(C)O)cc1.CC1(C(NC(=O)Oc2ccc([N+](=O)[O-])cc2)C(=O)N2CCCC2C(N)=O)CCOCC1. The molecule has 2 aromatic carbocycles. The van der Waals surface area contributed by atoms with Crippen LogP contribution in [-0.2, 0) is 20.7 Å².